The average molecular weight is 439 g/mol. The molecule has 2 aromatic rings. The number of hydrogen-bond acceptors (Lipinski definition) is 5. The van der Waals surface area contributed by atoms with E-state index < -0.39 is 20.0 Å². The van der Waals surface area contributed by atoms with Crippen molar-refractivity contribution in [2.75, 3.05) is 28.4 Å². The van der Waals surface area contributed by atoms with Crippen LogP contribution in [0.15, 0.2) is 47.4 Å². The zero-order valence-electron chi connectivity index (χ0n) is 16.8. The molecule has 0 aliphatic carbocycles. The Labute approximate surface area is 172 Å². The van der Waals surface area contributed by atoms with Gasteiger partial charge in [0.05, 0.1) is 24.2 Å². The molecule has 7 nitrogen and oxygen atoms in total. The second-order valence-electron chi connectivity index (χ2n) is 7.28. The molecule has 1 saturated heterocycles. The summed E-state index contributed by atoms with van der Waals surface area (Å²) in [6.45, 7) is 4.29. The van der Waals surface area contributed by atoms with Crippen LogP contribution >= 0.6 is 0 Å². The lowest BCUT2D eigenvalue weighted by molar-refractivity contribution is 0.403. The van der Waals surface area contributed by atoms with E-state index in [0.29, 0.717) is 24.3 Å². The number of sulfonamides is 2. The molecule has 1 aliphatic rings. The van der Waals surface area contributed by atoms with E-state index in [1.54, 1.807) is 18.2 Å². The Kier molecular flexibility index (Phi) is 6.09. The Morgan fingerprint density at radius 1 is 1.10 bits per heavy atom. The number of nitrogens with one attached hydrogen (secondary N) is 1. The third-order valence-corrected chi connectivity index (χ3v) is 8.16. The molecule has 1 N–H and O–H groups in total. The van der Waals surface area contributed by atoms with Crippen LogP contribution in [-0.4, -0.2) is 36.2 Å². The van der Waals surface area contributed by atoms with E-state index in [0.717, 1.165) is 12.0 Å². The van der Waals surface area contributed by atoms with Crippen LogP contribution in [0.1, 0.15) is 38.2 Å². The number of ether oxygens (including phenoxy) is 1. The number of rotatable bonds is 6. The normalized spacial score (nSPS) is 16.6. The number of benzene rings is 2. The van der Waals surface area contributed by atoms with E-state index in [4.69, 9.17) is 4.74 Å². The molecule has 0 unspecified atom stereocenters. The predicted molar refractivity (Wildman–Crippen MR) is 115 cm³/mol. The van der Waals surface area contributed by atoms with Crippen LogP contribution in [0.2, 0.25) is 0 Å². The molecule has 158 valence electrons. The largest absolute Gasteiger partial charge is 0.495 e. The Hall–Kier alpha value is -2.26. The van der Waals surface area contributed by atoms with Crippen molar-refractivity contribution in [2.45, 2.75) is 37.5 Å². The smallest absolute Gasteiger partial charge is 0.265 e. The van der Waals surface area contributed by atoms with Crippen LogP contribution in [0.4, 0.5) is 11.4 Å². The summed E-state index contributed by atoms with van der Waals surface area (Å²) in [5.74, 6) is 0.333. The molecule has 0 atom stereocenters. The van der Waals surface area contributed by atoms with Crippen LogP contribution in [0, 0.1) is 0 Å². The summed E-state index contributed by atoms with van der Waals surface area (Å²) in [5.41, 5.74) is 1.67. The van der Waals surface area contributed by atoms with Gasteiger partial charge < -0.3 is 4.74 Å². The molecule has 0 spiro atoms. The van der Waals surface area contributed by atoms with Gasteiger partial charge in [-0.3, -0.25) is 9.03 Å². The molecule has 1 heterocycles. The van der Waals surface area contributed by atoms with Crippen molar-refractivity contribution < 1.29 is 21.6 Å². The average Bonchev–Trinajstić information content (AvgIpc) is 2.67. The first-order valence-corrected chi connectivity index (χ1v) is 12.5. The maximum Gasteiger partial charge on any atom is 0.265 e. The molecule has 0 aromatic heterocycles. The van der Waals surface area contributed by atoms with E-state index in [-0.39, 0.29) is 22.3 Å². The number of anilines is 2. The van der Waals surface area contributed by atoms with Crippen LogP contribution in [0.5, 0.6) is 5.75 Å². The lowest BCUT2D eigenvalue weighted by Gasteiger charge is -2.28. The summed E-state index contributed by atoms with van der Waals surface area (Å²) in [6.07, 6.45) is 1.33. The molecule has 0 amide bonds. The van der Waals surface area contributed by atoms with Gasteiger partial charge in [-0.1, -0.05) is 32.0 Å². The van der Waals surface area contributed by atoms with Gasteiger partial charge >= 0.3 is 0 Å². The molecular formula is C20H26N2O5S2. The zero-order valence-corrected chi connectivity index (χ0v) is 18.4. The Morgan fingerprint density at radius 3 is 2.48 bits per heavy atom. The van der Waals surface area contributed by atoms with Crippen molar-refractivity contribution in [3.8, 4) is 5.75 Å². The van der Waals surface area contributed by atoms with Crippen LogP contribution in [-0.2, 0) is 20.0 Å². The zero-order chi connectivity index (χ0) is 21.2. The highest BCUT2D eigenvalue weighted by Gasteiger charge is 2.29. The number of hydrogen-bond donors (Lipinski definition) is 1. The molecule has 1 aliphatic heterocycles. The van der Waals surface area contributed by atoms with Gasteiger partial charge in [0, 0.05) is 6.54 Å². The van der Waals surface area contributed by atoms with Crippen molar-refractivity contribution in [2.24, 2.45) is 0 Å². The topological polar surface area (TPSA) is 92.8 Å². The molecule has 0 saturated carbocycles. The van der Waals surface area contributed by atoms with E-state index in [9.17, 15) is 16.8 Å². The fourth-order valence-corrected chi connectivity index (χ4v) is 6.31. The number of methoxy groups -OCH3 is 1. The first kappa shape index (κ1) is 21.4. The number of para-hydroxylation sites is 1. The molecule has 0 bridgehead atoms. The van der Waals surface area contributed by atoms with Gasteiger partial charge in [-0.15, -0.1) is 0 Å². The predicted octanol–water partition coefficient (Wildman–Crippen LogP) is 3.55. The van der Waals surface area contributed by atoms with E-state index in [1.807, 2.05) is 26.0 Å². The van der Waals surface area contributed by atoms with E-state index >= 15 is 0 Å². The summed E-state index contributed by atoms with van der Waals surface area (Å²) < 4.78 is 60.4. The summed E-state index contributed by atoms with van der Waals surface area (Å²) in [7, 11) is -6.08. The van der Waals surface area contributed by atoms with Gasteiger partial charge in [0.15, 0.2) is 0 Å². The van der Waals surface area contributed by atoms with E-state index in [1.165, 1.54) is 23.5 Å². The molecule has 3 rings (SSSR count). The van der Waals surface area contributed by atoms with Crippen molar-refractivity contribution in [3.63, 3.8) is 0 Å². The second-order valence-corrected chi connectivity index (χ2v) is 10.9. The highest BCUT2D eigenvalue weighted by molar-refractivity contribution is 7.93. The highest BCUT2D eigenvalue weighted by atomic mass is 32.2. The van der Waals surface area contributed by atoms with Gasteiger partial charge in [-0.25, -0.2) is 16.8 Å². The minimum atomic E-state index is -4.01. The van der Waals surface area contributed by atoms with Gasteiger partial charge in [-0.05, 0) is 48.6 Å². The Balaban J connectivity index is 2.05. The van der Waals surface area contributed by atoms with Gasteiger partial charge in [0.25, 0.3) is 10.0 Å². The molecule has 1 fully saturated rings. The minimum absolute atomic E-state index is 0.0567. The summed E-state index contributed by atoms with van der Waals surface area (Å²) >= 11 is 0. The monoisotopic (exact) mass is 438 g/mol. The molecule has 29 heavy (non-hydrogen) atoms. The highest BCUT2D eigenvalue weighted by Crippen LogP contribution is 2.34. The molecule has 2 aromatic carbocycles. The van der Waals surface area contributed by atoms with Crippen LogP contribution in [0.3, 0.4) is 0 Å². The summed E-state index contributed by atoms with van der Waals surface area (Å²) in [4.78, 5) is -0.100. The first-order valence-electron chi connectivity index (χ1n) is 9.46. The molecule has 0 radical (unpaired) electrons. The van der Waals surface area contributed by atoms with Gasteiger partial charge in [-0.2, -0.15) is 0 Å². The van der Waals surface area contributed by atoms with Crippen molar-refractivity contribution in [1.29, 1.82) is 0 Å². The summed E-state index contributed by atoms with van der Waals surface area (Å²) in [5, 5.41) is 0. The maximum atomic E-state index is 13.2. The van der Waals surface area contributed by atoms with Crippen molar-refractivity contribution >= 4 is 31.4 Å². The third-order valence-electron chi connectivity index (χ3n) is 4.90. The molecular weight excluding hydrogens is 412 g/mol. The minimum Gasteiger partial charge on any atom is -0.495 e. The number of nitrogens with zero attached hydrogens (tertiary/aromatic N) is 1. The Bertz CT molecular complexity index is 1100. The SMILES string of the molecule is COc1ccc(N2CCCCS2(=O)=O)cc1S(=O)(=O)Nc1ccccc1C(C)C. The van der Waals surface area contributed by atoms with Gasteiger partial charge in [0.1, 0.15) is 10.6 Å². The quantitative estimate of drug-likeness (QED) is 0.745. The van der Waals surface area contributed by atoms with E-state index in [2.05, 4.69) is 4.72 Å². The molecule has 9 heteroatoms. The van der Waals surface area contributed by atoms with Crippen LogP contribution in [0.25, 0.3) is 0 Å². The fourth-order valence-electron chi connectivity index (χ4n) is 3.40. The van der Waals surface area contributed by atoms with Gasteiger partial charge in [0.2, 0.25) is 10.0 Å². The first-order chi connectivity index (χ1) is 13.7. The fraction of sp³-hybridized carbons (Fsp3) is 0.400. The van der Waals surface area contributed by atoms with Crippen molar-refractivity contribution in [3.05, 3.63) is 48.0 Å². The van der Waals surface area contributed by atoms with Crippen molar-refractivity contribution in [1.82, 2.24) is 0 Å². The van der Waals surface area contributed by atoms with Crippen LogP contribution < -0.4 is 13.8 Å². The lowest BCUT2D eigenvalue weighted by atomic mass is 10.0. The lowest BCUT2D eigenvalue weighted by Crippen LogP contribution is -2.37. The third kappa shape index (κ3) is 4.51. The standard InChI is InChI=1S/C20H26N2O5S2/c1-15(2)17-8-4-5-9-18(17)21-29(25,26)20-14-16(10-11-19(20)27-3)22-12-6-7-13-28(22,23)24/h4-5,8-11,14-15,21H,6-7,12-13H2,1-3H3. The summed E-state index contributed by atoms with van der Waals surface area (Å²) in [6, 6.07) is 11.6. The maximum absolute atomic E-state index is 13.2. The second kappa shape index (κ2) is 8.23. The Morgan fingerprint density at radius 2 is 1.83 bits per heavy atom.